The minimum atomic E-state index is -0.796. The average molecular weight is 340 g/mol. The molecule has 0 radical (unpaired) electrons. The van der Waals surface area contributed by atoms with Gasteiger partial charge in [-0.05, 0) is 56.4 Å². The van der Waals surface area contributed by atoms with Gasteiger partial charge in [0.15, 0.2) is 0 Å². The third kappa shape index (κ3) is 4.10. The molecule has 3 rings (SSSR count). The number of aliphatic hydroxyl groups is 1. The maximum absolute atomic E-state index is 10.2. The van der Waals surface area contributed by atoms with E-state index in [9.17, 15) is 5.11 Å². The zero-order valence-corrected chi connectivity index (χ0v) is 15.6. The molecule has 1 aromatic carbocycles. The largest absolute Gasteiger partial charge is 0.386 e. The van der Waals surface area contributed by atoms with E-state index in [4.69, 9.17) is 0 Å². The van der Waals surface area contributed by atoms with Crippen molar-refractivity contribution < 1.29 is 5.11 Å². The molecular formula is C20H28N4O. The normalized spacial score (nSPS) is 15.6. The molecule has 1 aromatic heterocycles. The zero-order valence-electron chi connectivity index (χ0n) is 15.6. The van der Waals surface area contributed by atoms with Gasteiger partial charge in [0.2, 0.25) is 5.95 Å². The smallest absolute Gasteiger partial charge is 0.224 e. The highest BCUT2D eigenvalue weighted by Gasteiger charge is 2.22. The van der Waals surface area contributed by atoms with E-state index in [0.29, 0.717) is 12.0 Å². The highest BCUT2D eigenvalue weighted by atomic mass is 16.3. The Hall–Kier alpha value is -2.14. The maximum atomic E-state index is 10.2. The number of nitrogens with zero attached hydrogens (tertiary/aromatic N) is 3. The van der Waals surface area contributed by atoms with Crippen LogP contribution >= 0.6 is 0 Å². The van der Waals surface area contributed by atoms with Crippen molar-refractivity contribution in [3.8, 4) is 0 Å². The number of hydrogen-bond acceptors (Lipinski definition) is 5. The van der Waals surface area contributed by atoms with E-state index >= 15 is 0 Å². The van der Waals surface area contributed by atoms with Gasteiger partial charge in [-0.15, -0.1) is 0 Å². The van der Waals surface area contributed by atoms with Gasteiger partial charge in [0, 0.05) is 25.3 Å². The van der Waals surface area contributed by atoms with Crippen LogP contribution < -0.4 is 10.2 Å². The summed E-state index contributed by atoms with van der Waals surface area (Å²) in [4.78, 5) is 11.3. The van der Waals surface area contributed by atoms with Crippen LogP contribution in [0.25, 0.3) is 0 Å². The molecule has 2 N–H and O–H groups in total. The summed E-state index contributed by atoms with van der Waals surface area (Å²) in [6.45, 7) is 9.69. The lowest BCUT2D eigenvalue weighted by Crippen LogP contribution is -2.31. The molecular weight excluding hydrogens is 312 g/mol. The Bertz CT molecular complexity index is 739. The summed E-state index contributed by atoms with van der Waals surface area (Å²) in [5, 5.41) is 13.5. The SMILES string of the molecule is CC[C@@H](C)Nc1nccc(N2CCc3cc(C(C)(C)O)ccc3C2)n1. The van der Waals surface area contributed by atoms with E-state index in [-0.39, 0.29) is 0 Å². The van der Waals surface area contributed by atoms with Crippen molar-refractivity contribution in [2.24, 2.45) is 0 Å². The van der Waals surface area contributed by atoms with E-state index in [0.717, 1.165) is 37.3 Å². The fraction of sp³-hybridized carbons (Fsp3) is 0.500. The Morgan fingerprint density at radius 3 is 2.80 bits per heavy atom. The first-order chi connectivity index (χ1) is 11.9. The van der Waals surface area contributed by atoms with Gasteiger partial charge in [0.25, 0.3) is 0 Å². The summed E-state index contributed by atoms with van der Waals surface area (Å²) < 4.78 is 0. The molecule has 5 nitrogen and oxygen atoms in total. The molecule has 0 amide bonds. The van der Waals surface area contributed by atoms with Crippen LogP contribution in [0.2, 0.25) is 0 Å². The summed E-state index contributed by atoms with van der Waals surface area (Å²) in [5.74, 6) is 1.65. The van der Waals surface area contributed by atoms with Gasteiger partial charge in [0.05, 0.1) is 5.60 Å². The highest BCUT2D eigenvalue weighted by molar-refractivity contribution is 5.47. The summed E-state index contributed by atoms with van der Waals surface area (Å²) >= 11 is 0. The van der Waals surface area contributed by atoms with Crippen LogP contribution in [0.5, 0.6) is 0 Å². The van der Waals surface area contributed by atoms with Crippen molar-refractivity contribution >= 4 is 11.8 Å². The fourth-order valence-corrected chi connectivity index (χ4v) is 3.05. The summed E-state index contributed by atoms with van der Waals surface area (Å²) in [6.07, 6.45) is 3.81. The van der Waals surface area contributed by atoms with Gasteiger partial charge in [-0.1, -0.05) is 25.1 Å². The molecule has 2 heterocycles. The van der Waals surface area contributed by atoms with Gasteiger partial charge < -0.3 is 15.3 Å². The molecule has 0 saturated carbocycles. The number of anilines is 2. The molecule has 2 aromatic rings. The van der Waals surface area contributed by atoms with Crippen LogP contribution in [0.3, 0.4) is 0 Å². The number of benzene rings is 1. The minimum absolute atomic E-state index is 0.359. The molecule has 1 atom stereocenters. The maximum Gasteiger partial charge on any atom is 0.224 e. The molecule has 0 spiro atoms. The van der Waals surface area contributed by atoms with E-state index in [1.165, 1.54) is 11.1 Å². The molecule has 5 heteroatoms. The van der Waals surface area contributed by atoms with Gasteiger partial charge >= 0.3 is 0 Å². The fourth-order valence-electron chi connectivity index (χ4n) is 3.05. The van der Waals surface area contributed by atoms with Gasteiger partial charge in [-0.2, -0.15) is 4.98 Å². The molecule has 0 unspecified atom stereocenters. The molecule has 1 aliphatic rings. The molecule has 1 aliphatic heterocycles. The number of aromatic nitrogens is 2. The van der Waals surface area contributed by atoms with E-state index in [2.05, 4.69) is 46.2 Å². The predicted octanol–water partition coefficient (Wildman–Crippen LogP) is 3.48. The lowest BCUT2D eigenvalue weighted by molar-refractivity contribution is 0.0785. The first kappa shape index (κ1) is 17.7. The lowest BCUT2D eigenvalue weighted by atomic mass is 9.91. The molecule has 0 fully saturated rings. The summed E-state index contributed by atoms with van der Waals surface area (Å²) in [5.41, 5.74) is 2.80. The number of nitrogens with one attached hydrogen (secondary N) is 1. The Balaban J connectivity index is 1.78. The van der Waals surface area contributed by atoms with Crippen molar-refractivity contribution in [3.63, 3.8) is 0 Å². The monoisotopic (exact) mass is 340 g/mol. The summed E-state index contributed by atoms with van der Waals surface area (Å²) in [7, 11) is 0. The second-order valence-corrected chi connectivity index (χ2v) is 7.41. The van der Waals surface area contributed by atoms with E-state index in [1.807, 2.05) is 32.2 Å². The van der Waals surface area contributed by atoms with Crippen molar-refractivity contribution in [1.82, 2.24) is 9.97 Å². The first-order valence-corrected chi connectivity index (χ1v) is 9.06. The summed E-state index contributed by atoms with van der Waals surface area (Å²) in [6, 6.07) is 8.63. The third-order valence-corrected chi connectivity index (χ3v) is 4.88. The van der Waals surface area contributed by atoms with Crippen LogP contribution in [-0.4, -0.2) is 27.7 Å². The lowest BCUT2D eigenvalue weighted by Gasteiger charge is -2.31. The Morgan fingerprint density at radius 1 is 1.28 bits per heavy atom. The highest BCUT2D eigenvalue weighted by Crippen LogP contribution is 2.28. The Labute approximate surface area is 150 Å². The van der Waals surface area contributed by atoms with Crippen molar-refractivity contribution in [2.75, 3.05) is 16.8 Å². The molecule has 0 bridgehead atoms. The standard InChI is InChI=1S/C20H28N4O/c1-5-14(2)22-19-21-10-8-18(23-19)24-11-9-15-12-17(20(3,4)25)7-6-16(15)13-24/h6-8,10,12,14,25H,5,9,11,13H2,1-4H3,(H,21,22,23)/t14-/m1/s1. The molecule has 0 aliphatic carbocycles. The van der Waals surface area contributed by atoms with E-state index in [1.54, 1.807) is 0 Å². The van der Waals surface area contributed by atoms with Crippen LogP contribution in [0, 0.1) is 0 Å². The quantitative estimate of drug-likeness (QED) is 0.872. The number of fused-ring (bicyclic) bond motifs is 1. The second-order valence-electron chi connectivity index (χ2n) is 7.41. The molecule has 0 saturated heterocycles. The minimum Gasteiger partial charge on any atom is -0.386 e. The average Bonchev–Trinajstić information content (AvgIpc) is 2.60. The third-order valence-electron chi connectivity index (χ3n) is 4.88. The van der Waals surface area contributed by atoms with Crippen molar-refractivity contribution in [2.45, 2.75) is 58.7 Å². The number of hydrogen-bond donors (Lipinski definition) is 2. The van der Waals surface area contributed by atoms with Crippen molar-refractivity contribution in [1.29, 1.82) is 0 Å². The van der Waals surface area contributed by atoms with Crippen LogP contribution in [-0.2, 0) is 18.6 Å². The Kier molecular flexibility index (Phi) is 4.95. The Morgan fingerprint density at radius 2 is 2.08 bits per heavy atom. The van der Waals surface area contributed by atoms with Gasteiger partial charge in [-0.3, -0.25) is 0 Å². The van der Waals surface area contributed by atoms with Crippen LogP contribution in [0.4, 0.5) is 11.8 Å². The van der Waals surface area contributed by atoms with Crippen LogP contribution in [0.15, 0.2) is 30.5 Å². The topological polar surface area (TPSA) is 61.3 Å². The van der Waals surface area contributed by atoms with Gasteiger partial charge in [0.1, 0.15) is 5.82 Å². The predicted molar refractivity (Wildman–Crippen MR) is 102 cm³/mol. The zero-order chi connectivity index (χ0) is 18.0. The molecule has 134 valence electrons. The van der Waals surface area contributed by atoms with E-state index < -0.39 is 5.60 Å². The molecule has 25 heavy (non-hydrogen) atoms. The van der Waals surface area contributed by atoms with Gasteiger partial charge in [-0.25, -0.2) is 4.98 Å². The number of rotatable bonds is 5. The van der Waals surface area contributed by atoms with Crippen molar-refractivity contribution in [3.05, 3.63) is 47.2 Å². The van der Waals surface area contributed by atoms with Crippen LogP contribution in [0.1, 0.15) is 50.8 Å². The first-order valence-electron chi connectivity index (χ1n) is 9.06. The second kappa shape index (κ2) is 7.00.